The van der Waals surface area contributed by atoms with E-state index in [1.807, 2.05) is 48.5 Å². The van der Waals surface area contributed by atoms with Crippen LogP contribution in [-0.4, -0.2) is 63.9 Å². The van der Waals surface area contributed by atoms with Crippen LogP contribution in [0.3, 0.4) is 0 Å². The van der Waals surface area contributed by atoms with E-state index in [1.165, 1.54) is 0 Å². The molecule has 0 spiro atoms. The second-order valence-corrected chi connectivity index (χ2v) is 13.6. The summed E-state index contributed by atoms with van der Waals surface area (Å²) in [6.07, 6.45) is 1.16. The van der Waals surface area contributed by atoms with Gasteiger partial charge in [-0.25, -0.2) is 8.42 Å². The fourth-order valence-electron chi connectivity index (χ4n) is 6.08. The van der Waals surface area contributed by atoms with Crippen molar-refractivity contribution in [1.29, 1.82) is 0 Å². The van der Waals surface area contributed by atoms with Crippen molar-refractivity contribution in [2.24, 2.45) is 0 Å². The number of carbonyl (C=O) groups excluding carboxylic acids is 2. The third-order valence-corrected chi connectivity index (χ3v) is 10.1. The Morgan fingerprint density at radius 1 is 0.848 bits per heavy atom. The molecule has 46 heavy (non-hydrogen) atoms. The van der Waals surface area contributed by atoms with Crippen molar-refractivity contribution in [2.45, 2.75) is 29.8 Å². The van der Waals surface area contributed by atoms with E-state index in [0.29, 0.717) is 49.9 Å². The fraction of sp³-hybridized carbons (Fsp3) is 0.257. The van der Waals surface area contributed by atoms with Crippen LogP contribution in [0.25, 0.3) is 0 Å². The third kappa shape index (κ3) is 7.20. The fourth-order valence-corrected chi connectivity index (χ4v) is 7.30. The van der Waals surface area contributed by atoms with Crippen LogP contribution in [0.5, 0.6) is 0 Å². The van der Waals surface area contributed by atoms with Crippen molar-refractivity contribution in [2.75, 3.05) is 42.3 Å². The maximum atomic E-state index is 14.0. The highest BCUT2D eigenvalue weighted by Gasteiger charge is 2.33. The number of amides is 2. The number of para-hydroxylation sites is 2. The van der Waals surface area contributed by atoms with Gasteiger partial charge in [-0.1, -0.05) is 78.3 Å². The van der Waals surface area contributed by atoms with Crippen molar-refractivity contribution in [3.63, 3.8) is 0 Å². The van der Waals surface area contributed by atoms with Crippen molar-refractivity contribution >= 4 is 44.8 Å². The molecule has 6 rings (SSSR count). The summed E-state index contributed by atoms with van der Waals surface area (Å²) in [6.45, 7) is 2.49. The molecule has 4 aromatic rings. The summed E-state index contributed by atoms with van der Waals surface area (Å²) >= 11 is 6.11. The molecule has 1 fully saturated rings. The van der Waals surface area contributed by atoms with E-state index in [-0.39, 0.29) is 16.7 Å². The third-order valence-electron chi connectivity index (χ3n) is 8.47. The molecule has 2 aliphatic rings. The maximum absolute atomic E-state index is 14.0. The van der Waals surface area contributed by atoms with Crippen LogP contribution in [0.1, 0.15) is 22.7 Å². The highest BCUT2D eigenvalue weighted by atomic mass is 35.5. The van der Waals surface area contributed by atoms with E-state index < -0.39 is 22.1 Å². The molecule has 2 amide bonds. The number of benzene rings is 4. The Kier molecular flexibility index (Phi) is 9.58. The normalized spacial score (nSPS) is 17.1. The maximum Gasteiger partial charge on any atom is 0.261 e. The van der Waals surface area contributed by atoms with Gasteiger partial charge in [-0.3, -0.25) is 14.3 Å². The summed E-state index contributed by atoms with van der Waals surface area (Å²) in [5.41, 5.74) is 4.16. The average molecular weight is 658 g/mol. The van der Waals surface area contributed by atoms with Gasteiger partial charge in [-0.2, -0.15) is 0 Å². The SMILES string of the molecule is O=C(N[C@H](Cc1ccc(Cl)cc1)C(=O)N1CCN(c2ccccc2NS(=O)(=O)c2ccccc2)CC1)C1NCCc2ccccc21. The van der Waals surface area contributed by atoms with Gasteiger partial charge < -0.3 is 20.4 Å². The number of nitrogens with zero attached hydrogens (tertiary/aromatic N) is 2. The Balaban J connectivity index is 1.16. The van der Waals surface area contributed by atoms with E-state index in [9.17, 15) is 18.0 Å². The minimum atomic E-state index is -3.78. The average Bonchev–Trinajstić information content (AvgIpc) is 3.09. The summed E-state index contributed by atoms with van der Waals surface area (Å²) in [5.74, 6) is -0.400. The van der Waals surface area contributed by atoms with Crippen molar-refractivity contribution in [3.8, 4) is 0 Å². The first-order valence-corrected chi connectivity index (χ1v) is 17.2. The minimum Gasteiger partial charge on any atom is -0.366 e. The molecule has 0 bridgehead atoms. The summed E-state index contributed by atoms with van der Waals surface area (Å²) in [7, 11) is -3.78. The Labute approximate surface area is 274 Å². The van der Waals surface area contributed by atoms with Gasteiger partial charge in [0.1, 0.15) is 12.1 Å². The van der Waals surface area contributed by atoms with E-state index in [1.54, 1.807) is 59.5 Å². The number of halogens is 1. The van der Waals surface area contributed by atoms with Crippen LogP contribution >= 0.6 is 11.6 Å². The predicted octanol–water partition coefficient (Wildman–Crippen LogP) is 4.40. The molecule has 2 heterocycles. The van der Waals surface area contributed by atoms with Gasteiger partial charge in [-0.15, -0.1) is 0 Å². The lowest BCUT2D eigenvalue weighted by molar-refractivity contribution is -0.137. The van der Waals surface area contributed by atoms with Crippen LogP contribution < -0.4 is 20.3 Å². The molecule has 0 aliphatic carbocycles. The van der Waals surface area contributed by atoms with E-state index >= 15 is 0 Å². The first-order chi connectivity index (χ1) is 22.3. The van der Waals surface area contributed by atoms with Gasteiger partial charge in [0.2, 0.25) is 11.8 Å². The zero-order valence-corrected chi connectivity index (χ0v) is 26.8. The predicted molar refractivity (Wildman–Crippen MR) is 180 cm³/mol. The molecule has 11 heteroatoms. The lowest BCUT2D eigenvalue weighted by Gasteiger charge is -2.38. The first kappa shape index (κ1) is 31.6. The van der Waals surface area contributed by atoms with Gasteiger partial charge >= 0.3 is 0 Å². The molecule has 4 aromatic carbocycles. The van der Waals surface area contributed by atoms with Gasteiger partial charge in [0.05, 0.1) is 16.3 Å². The molecule has 2 aliphatic heterocycles. The summed E-state index contributed by atoms with van der Waals surface area (Å²) in [5, 5.41) is 6.98. The quantitative estimate of drug-likeness (QED) is 0.246. The molecular formula is C35H36ClN5O4S. The van der Waals surface area contributed by atoms with Gasteiger partial charge in [-0.05, 0) is 59.5 Å². The summed E-state index contributed by atoms with van der Waals surface area (Å²) in [6, 6.07) is 29.4. The van der Waals surface area contributed by atoms with E-state index in [0.717, 1.165) is 28.8 Å². The summed E-state index contributed by atoms with van der Waals surface area (Å²) < 4.78 is 28.9. The van der Waals surface area contributed by atoms with E-state index in [2.05, 4.69) is 20.3 Å². The minimum absolute atomic E-state index is 0.162. The van der Waals surface area contributed by atoms with Crippen LogP contribution in [-0.2, 0) is 32.5 Å². The zero-order valence-electron chi connectivity index (χ0n) is 25.2. The number of sulfonamides is 1. The number of nitrogens with one attached hydrogen (secondary N) is 3. The Morgan fingerprint density at radius 2 is 1.52 bits per heavy atom. The lowest BCUT2D eigenvalue weighted by atomic mass is 9.93. The second-order valence-electron chi connectivity index (χ2n) is 11.5. The number of rotatable bonds is 9. The Bertz CT molecular complexity index is 1800. The number of hydrogen-bond acceptors (Lipinski definition) is 6. The molecule has 0 radical (unpaired) electrons. The van der Waals surface area contributed by atoms with Crippen molar-refractivity contribution in [3.05, 3.63) is 125 Å². The topological polar surface area (TPSA) is 111 Å². The van der Waals surface area contributed by atoms with Crippen LogP contribution in [0, 0.1) is 0 Å². The zero-order chi connectivity index (χ0) is 32.1. The Hall–Kier alpha value is -4.38. The second kappa shape index (κ2) is 13.9. The number of hydrogen-bond donors (Lipinski definition) is 3. The standard InChI is InChI=1S/C35H36ClN5O4S/c36-27-16-14-25(15-17-27)24-31(38-34(42)33-29-11-5-4-8-26(29)18-19-37-33)35(43)41-22-20-40(21-23-41)32-13-7-6-12-30(32)39-46(44,45)28-9-2-1-3-10-28/h1-17,31,33,37,39H,18-24H2,(H,38,42)/t31-,33?/m1/s1. The lowest BCUT2D eigenvalue weighted by Crippen LogP contribution is -2.57. The number of carbonyl (C=O) groups is 2. The van der Waals surface area contributed by atoms with Crippen LogP contribution in [0.15, 0.2) is 108 Å². The highest BCUT2D eigenvalue weighted by molar-refractivity contribution is 7.92. The van der Waals surface area contributed by atoms with Crippen molar-refractivity contribution < 1.29 is 18.0 Å². The largest absolute Gasteiger partial charge is 0.366 e. The molecule has 1 unspecified atom stereocenters. The van der Waals surface area contributed by atoms with Gasteiger partial charge in [0, 0.05) is 44.2 Å². The van der Waals surface area contributed by atoms with Gasteiger partial charge in [0.25, 0.3) is 10.0 Å². The number of piperazine rings is 1. The first-order valence-electron chi connectivity index (χ1n) is 15.3. The molecule has 2 atom stereocenters. The molecule has 0 saturated carbocycles. The molecule has 0 aromatic heterocycles. The number of anilines is 2. The molecule has 3 N–H and O–H groups in total. The molecule has 9 nitrogen and oxygen atoms in total. The Morgan fingerprint density at radius 3 is 2.28 bits per heavy atom. The highest BCUT2D eigenvalue weighted by Crippen LogP contribution is 2.29. The van der Waals surface area contributed by atoms with Gasteiger partial charge in [0.15, 0.2) is 0 Å². The molecule has 1 saturated heterocycles. The van der Waals surface area contributed by atoms with Crippen LogP contribution in [0.4, 0.5) is 11.4 Å². The monoisotopic (exact) mass is 657 g/mol. The van der Waals surface area contributed by atoms with Crippen molar-refractivity contribution in [1.82, 2.24) is 15.5 Å². The summed E-state index contributed by atoms with van der Waals surface area (Å²) in [4.78, 5) is 31.7. The number of fused-ring (bicyclic) bond motifs is 1. The molecule has 238 valence electrons. The van der Waals surface area contributed by atoms with Crippen LogP contribution in [0.2, 0.25) is 5.02 Å². The van der Waals surface area contributed by atoms with E-state index in [4.69, 9.17) is 11.6 Å². The molecular weight excluding hydrogens is 622 g/mol. The smallest absolute Gasteiger partial charge is 0.261 e.